The van der Waals surface area contributed by atoms with Crippen LogP contribution >= 0.6 is 0 Å². The SMILES string of the molecule is CN(Cc1ccc[nH]1)CC1CCC(C(=O)O)CC1. The molecular formula is C14H22N2O2. The lowest BCUT2D eigenvalue weighted by atomic mass is 9.82. The summed E-state index contributed by atoms with van der Waals surface area (Å²) in [6.45, 7) is 2.00. The summed E-state index contributed by atoms with van der Waals surface area (Å²) in [4.78, 5) is 16.4. The highest BCUT2D eigenvalue weighted by molar-refractivity contribution is 5.69. The normalized spacial score (nSPS) is 24.3. The van der Waals surface area contributed by atoms with Crippen molar-refractivity contribution in [3.63, 3.8) is 0 Å². The van der Waals surface area contributed by atoms with Gasteiger partial charge in [-0.15, -0.1) is 0 Å². The molecule has 4 nitrogen and oxygen atoms in total. The van der Waals surface area contributed by atoms with Crippen molar-refractivity contribution in [3.05, 3.63) is 24.0 Å². The van der Waals surface area contributed by atoms with Gasteiger partial charge in [-0.05, 0) is 50.8 Å². The fourth-order valence-corrected chi connectivity index (χ4v) is 2.85. The number of nitrogens with one attached hydrogen (secondary N) is 1. The van der Waals surface area contributed by atoms with Gasteiger partial charge in [0.15, 0.2) is 0 Å². The Morgan fingerprint density at radius 1 is 1.44 bits per heavy atom. The number of hydrogen-bond acceptors (Lipinski definition) is 2. The van der Waals surface area contributed by atoms with Gasteiger partial charge in [0, 0.05) is 25.0 Å². The molecule has 2 rings (SSSR count). The number of nitrogens with zero attached hydrogens (tertiary/aromatic N) is 1. The van der Waals surface area contributed by atoms with E-state index in [4.69, 9.17) is 5.11 Å². The molecule has 0 aromatic carbocycles. The lowest BCUT2D eigenvalue weighted by Crippen LogP contribution is -2.30. The van der Waals surface area contributed by atoms with E-state index in [-0.39, 0.29) is 5.92 Å². The Bertz CT molecular complexity index is 367. The van der Waals surface area contributed by atoms with Crippen molar-refractivity contribution >= 4 is 5.97 Å². The second-order valence-corrected chi connectivity index (χ2v) is 5.45. The third-order valence-electron chi connectivity index (χ3n) is 3.87. The molecule has 0 saturated heterocycles. The molecule has 1 saturated carbocycles. The van der Waals surface area contributed by atoms with Crippen LogP contribution in [0, 0.1) is 11.8 Å². The summed E-state index contributed by atoms with van der Waals surface area (Å²) in [6.07, 6.45) is 5.73. The second-order valence-electron chi connectivity index (χ2n) is 5.45. The minimum absolute atomic E-state index is 0.102. The number of H-pyrrole nitrogens is 1. The third kappa shape index (κ3) is 3.60. The molecule has 0 amide bonds. The van der Waals surface area contributed by atoms with E-state index in [0.29, 0.717) is 5.92 Å². The average Bonchev–Trinajstić information content (AvgIpc) is 2.82. The zero-order valence-electron chi connectivity index (χ0n) is 10.9. The van der Waals surface area contributed by atoms with Crippen molar-refractivity contribution in [1.82, 2.24) is 9.88 Å². The fraction of sp³-hybridized carbons (Fsp3) is 0.643. The van der Waals surface area contributed by atoms with Crippen molar-refractivity contribution in [2.75, 3.05) is 13.6 Å². The van der Waals surface area contributed by atoms with Crippen molar-refractivity contribution in [1.29, 1.82) is 0 Å². The first kappa shape index (κ1) is 13.1. The Morgan fingerprint density at radius 2 is 2.17 bits per heavy atom. The molecule has 0 aliphatic heterocycles. The molecule has 0 unspecified atom stereocenters. The first-order valence-electron chi connectivity index (χ1n) is 6.68. The van der Waals surface area contributed by atoms with Gasteiger partial charge in [0.1, 0.15) is 0 Å². The molecule has 0 radical (unpaired) electrons. The van der Waals surface area contributed by atoms with Crippen LogP contribution in [0.4, 0.5) is 0 Å². The second kappa shape index (κ2) is 6.05. The molecular weight excluding hydrogens is 228 g/mol. The molecule has 0 bridgehead atoms. The van der Waals surface area contributed by atoms with E-state index in [9.17, 15) is 4.79 Å². The first-order chi connectivity index (χ1) is 8.65. The van der Waals surface area contributed by atoms with E-state index in [0.717, 1.165) is 38.8 Å². The lowest BCUT2D eigenvalue weighted by Gasteiger charge is -2.29. The van der Waals surface area contributed by atoms with Gasteiger partial charge in [-0.3, -0.25) is 4.79 Å². The highest BCUT2D eigenvalue weighted by Gasteiger charge is 2.26. The molecule has 1 aliphatic rings. The molecule has 4 heteroatoms. The molecule has 1 aromatic heterocycles. The van der Waals surface area contributed by atoms with Gasteiger partial charge in [-0.2, -0.15) is 0 Å². The van der Waals surface area contributed by atoms with Crippen LogP contribution in [0.25, 0.3) is 0 Å². The first-order valence-corrected chi connectivity index (χ1v) is 6.68. The Labute approximate surface area is 108 Å². The van der Waals surface area contributed by atoms with E-state index in [2.05, 4.69) is 23.0 Å². The molecule has 0 spiro atoms. The Kier molecular flexibility index (Phi) is 4.42. The van der Waals surface area contributed by atoms with Gasteiger partial charge < -0.3 is 15.0 Å². The number of aromatic amines is 1. The Morgan fingerprint density at radius 3 is 2.72 bits per heavy atom. The highest BCUT2D eigenvalue weighted by atomic mass is 16.4. The zero-order chi connectivity index (χ0) is 13.0. The predicted molar refractivity (Wildman–Crippen MR) is 70.2 cm³/mol. The van der Waals surface area contributed by atoms with Crippen LogP contribution < -0.4 is 0 Å². The van der Waals surface area contributed by atoms with Gasteiger partial charge in [-0.25, -0.2) is 0 Å². The summed E-state index contributed by atoms with van der Waals surface area (Å²) >= 11 is 0. The maximum atomic E-state index is 10.9. The maximum absolute atomic E-state index is 10.9. The molecule has 1 aromatic rings. The van der Waals surface area contributed by atoms with E-state index >= 15 is 0 Å². The number of rotatable bonds is 5. The van der Waals surface area contributed by atoms with Gasteiger partial charge in [0.05, 0.1) is 5.92 Å². The van der Waals surface area contributed by atoms with Crippen LogP contribution in [0.2, 0.25) is 0 Å². The van der Waals surface area contributed by atoms with Crippen LogP contribution in [0.5, 0.6) is 0 Å². The molecule has 0 atom stereocenters. The van der Waals surface area contributed by atoms with E-state index < -0.39 is 5.97 Å². The summed E-state index contributed by atoms with van der Waals surface area (Å²) in [5.74, 6) is -0.0660. The van der Waals surface area contributed by atoms with E-state index in [1.54, 1.807) is 0 Å². The number of carboxylic acid groups (broad SMARTS) is 1. The maximum Gasteiger partial charge on any atom is 0.306 e. The van der Waals surface area contributed by atoms with Crippen LogP contribution in [0.1, 0.15) is 31.4 Å². The number of aliphatic carboxylic acids is 1. The van der Waals surface area contributed by atoms with Crippen LogP contribution in [0.3, 0.4) is 0 Å². The number of hydrogen-bond donors (Lipinski definition) is 2. The topological polar surface area (TPSA) is 56.3 Å². The third-order valence-corrected chi connectivity index (χ3v) is 3.87. The lowest BCUT2D eigenvalue weighted by molar-refractivity contribution is -0.143. The molecule has 1 heterocycles. The zero-order valence-corrected chi connectivity index (χ0v) is 10.9. The van der Waals surface area contributed by atoms with Crippen molar-refractivity contribution in [3.8, 4) is 0 Å². The quantitative estimate of drug-likeness (QED) is 0.843. The van der Waals surface area contributed by atoms with E-state index in [1.165, 1.54) is 5.69 Å². The number of carboxylic acids is 1. The summed E-state index contributed by atoms with van der Waals surface area (Å²) < 4.78 is 0. The van der Waals surface area contributed by atoms with Gasteiger partial charge in [0.2, 0.25) is 0 Å². The van der Waals surface area contributed by atoms with Gasteiger partial charge >= 0.3 is 5.97 Å². The molecule has 2 N–H and O–H groups in total. The van der Waals surface area contributed by atoms with Crippen molar-refractivity contribution in [2.45, 2.75) is 32.2 Å². The number of aromatic nitrogens is 1. The summed E-state index contributed by atoms with van der Waals surface area (Å²) in [5.41, 5.74) is 1.23. The van der Waals surface area contributed by atoms with E-state index in [1.807, 2.05) is 12.3 Å². The molecule has 100 valence electrons. The van der Waals surface area contributed by atoms with Crippen LogP contribution in [-0.4, -0.2) is 34.6 Å². The Balaban J connectivity index is 1.72. The standard InChI is InChI=1S/C14H22N2O2/c1-16(10-13-3-2-8-15-13)9-11-4-6-12(7-5-11)14(17)18/h2-3,8,11-12,15H,4-7,9-10H2,1H3,(H,17,18). The molecule has 18 heavy (non-hydrogen) atoms. The predicted octanol–water partition coefficient (Wildman–Crippen LogP) is 2.34. The fourth-order valence-electron chi connectivity index (χ4n) is 2.85. The Hall–Kier alpha value is -1.29. The van der Waals surface area contributed by atoms with Crippen molar-refractivity contribution < 1.29 is 9.90 Å². The smallest absolute Gasteiger partial charge is 0.306 e. The monoisotopic (exact) mass is 250 g/mol. The van der Waals surface area contributed by atoms with Crippen LogP contribution in [-0.2, 0) is 11.3 Å². The number of carbonyl (C=O) groups is 1. The average molecular weight is 250 g/mol. The summed E-state index contributed by atoms with van der Waals surface area (Å²) in [6, 6.07) is 4.11. The van der Waals surface area contributed by atoms with Gasteiger partial charge in [0.25, 0.3) is 0 Å². The summed E-state index contributed by atoms with van der Waals surface area (Å²) in [5, 5.41) is 8.96. The largest absolute Gasteiger partial charge is 0.481 e. The molecule has 1 aliphatic carbocycles. The van der Waals surface area contributed by atoms with Crippen molar-refractivity contribution in [2.24, 2.45) is 11.8 Å². The minimum atomic E-state index is -0.617. The summed E-state index contributed by atoms with van der Waals surface area (Å²) in [7, 11) is 2.13. The van der Waals surface area contributed by atoms with Gasteiger partial charge in [-0.1, -0.05) is 0 Å². The highest BCUT2D eigenvalue weighted by Crippen LogP contribution is 2.29. The van der Waals surface area contributed by atoms with Crippen LogP contribution in [0.15, 0.2) is 18.3 Å². The minimum Gasteiger partial charge on any atom is -0.481 e. The molecule has 1 fully saturated rings.